The van der Waals surface area contributed by atoms with Crippen molar-refractivity contribution in [2.75, 3.05) is 13.2 Å². The van der Waals surface area contributed by atoms with Gasteiger partial charge in [0.05, 0.1) is 19.3 Å². The van der Waals surface area contributed by atoms with Gasteiger partial charge in [-0.15, -0.1) is 0 Å². The highest BCUT2D eigenvalue weighted by atomic mass is 16.8. The third-order valence-electron chi connectivity index (χ3n) is 6.44. The van der Waals surface area contributed by atoms with Crippen LogP contribution in [0.2, 0.25) is 0 Å². The van der Waals surface area contributed by atoms with Gasteiger partial charge in [0.1, 0.15) is 67.1 Å². The van der Waals surface area contributed by atoms with Crippen molar-refractivity contribution in [3.63, 3.8) is 0 Å². The molecule has 0 aromatic heterocycles. The molecule has 0 bridgehead atoms. The molecule has 1 amide bonds. The lowest BCUT2D eigenvalue weighted by Gasteiger charge is -2.47. The molecular formula is C20H35NO15. The van der Waals surface area contributed by atoms with E-state index in [1.165, 1.54) is 6.92 Å². The smallest absolute Gasteiger partial charge is 0.217 e. The highest BCUT2D eigenvalue weighted by molar-refractivity contribution is 5.73. The average Bonchev–Trinajstić information content (AvgIpc) is 2.83. The molecule has 3 heterocycles. The molecule has 15 atom stereocenters. The lowest BCUT2D eigenvalue weighted by Crippen LogP contribution is -2.67. The Morgan fingerprint density at radius 3 is 2.03 bits per heavy atom. The van der Waals surface area contributed by atoms with E-state index in [1.54, 1.807) is 0 Å². The molecule has 36 heavy (non-hydrogen) atoms. The van der Waals surface area contributed by atoms with Gasteiger partial charge in [0, 0.05) is 6.92 Å². The molecule has 3 aliphatic heterocycles. The predicted octanol–water partition coefficient (Wildman–Crippen LogP) is -6.40. The molecular weight excluding hydrogens is 494 g/mol. The normalized spacial score (nSPS) is 50.0. The van der Waals surface area contributed by atoms with Gasteiger partial charge in [0.15, 0.2) is 18.9 Å². The van der Waals surface area contributed by atoms with Crippen molar-refractivity contribution in [1.29, 1.82) is 0 Å². The fourth-order valence-electron chi connectivity index (χ4n) is 4.28. The van der Waals surface area contributed by atoms with Crippen molar-refractivity contribution in [3.8, 4) is 0 Å². The van der Waals surface area contributed by atoms with Crippen molar-refractivity contribution >= 4 is 5.91 Å². The average molecular weight is 529 g/mol. The van der Waals surface area contributed by atoms with Gasteiger partial charge in [-0.1, -0.05) is 0 Å². The number of aliphatic hydroxyl groups is 9. The Hall–Kier alpha value is -1.09. The highest BCUT2D eigenvalue weighted by Crippen LogP contribution is 2.30. The minimum atomic E-state index is -1.82. The summed E-state index contributed by atoms with van der Waals surface area (Å²) in [4.78, 5) is 11.7. The summed E-state index contributed by atoms with van der Waals surface area (Å²) in [7, 11) is 0. The lowest BCUT2D eigenvalue weighted by molar-refractivity contribution is -0.359. The highest BCUT2D eigenvalue weighted by Gasteiger charge is 2.51. The number of hydrogen-bond acceptors (Lipinski definition) is 15. The van der Waals surface area contributed by atoms with Gasteiger partial charge >= 0.3 is 0 Å². The number of nitrogens with one attached hydrogen (secondary N) is 1. The van der Waals surface area contributed by atoms with Crippen LogP contribution in [-0.2, 0) is 28.5 Å². The van der Waals surface area contributed by atoms with Crippen molar-refractivity contribution in [2.24, 2.45) is 0 Å². The topological polar surface area (TPSA) is 257 Å². The van der Waals surface area contributed by atoms with Crippen LogP contribution in [0.1, 0.15) is 13.8 Å². The summed E-state index contributed by atoms with van der Waals surface area (Å²) in [5.41, 5.74) is 0. The van der Waals surface area contributed by atoms with E-state index in [-0.39, 0.29) is 0 Å². The molecule has 3 aliphatic rings. The molecule has 16 nitrogen and oxygen atoms in total. The fourth-order valence-corrected chi connectivity index (χ4v) is 4.28. The van der Waals surface area contributed by atoms with Crippen molar-refractivity contribution in [2.45, 2.75) is 106 Å². The first-order valence-corrected chi connectivity index (χ1v) is 11.4. The third kappa shape index (κ3) is 6.13. The monoisotopic (exact) mass is 529 g/mol. The van der Waals surface area contributed by atoms with Crippen LogP contribution < -0.4 is 5.32 Å². The van der Waals surface area contributed by atoms with E-state index in [1.807, 2.05) is 0 Å². The standard InChI is InChI=1S/C20H35NO15/c1-5-10(24)15(29)17(20(33-5)32-4-8-12(26)14(28)16(30)18(31)34-8)36-19-9(21-6(2)23)13(27)11(25)7(3-22)35-19/h5,7-20,22,24-31H,3-4H2,1-2H3,(H,21,23)/t5-,7-,8-,9+,10-,11-,12-,13-,14+,15+,16+,17+,18+,19+,20-/m1/s1. The molecule has 16 heteroatoms. The minimum Gasteiger partial charge on any atom is -0.394 e. The largest absolute Gasteiger partial charge is 0.394 e. The summed E-state index contributed by atoms with van der Waals surface area (Å²) in [6, 6.07) is -1.36. The Morgan fingerprint density at radius 2 is 1.42 bits per heavy atom. The number of ether oxygens (including phenoxy) is 5. The summed E-state index contributed by atoms with van der Waals surface area (Å²) in [5, 5.41) is 92.8. The van der Waals surface area contributed by atoms with Gasteiger partial charge in [-0.3, -0.25) is 4.79 Å². The first-order valence-electron chi connectivity index (χ1n) is 11.4. The third-order valence-corrected chi connectivity index (χ3v) is 6.44. The van der Waals surface area contributed by atoms with E-state index in [0.717, 1.165) is 6.92 Å². The number of rotatable bonds is 7. The summed E-state index contributed by atoms with van der Waals surface area (Å²) in [5.74, 6) is -0.615. The van der Waals surface area contributed by atoms with Crippen molar-refractivity contribution < 1.29 is 74.4 Å². The summed E-state index contributed by atoms with van der Waals surface area (Å²) in [6.45, 7) is 1.31. The van der Waals surface area contributed by atoms with Crippen LogP contribution >= 0.6 is 0 Å². The Bertz CT molecular complexity index is 731. The molecule has 0 spiro atoms. The molecule has 0 aliphatic carbocycles. The van der Waals surface area contributed by atoms with Gasteiger partial charge in [-0.25, -0.2) is 0 Å². The van der Waals surface area contributed by atoms with E-state index in [4.69, 9.17) is 23.7 Å². The SMILES string of the molecule is CC(=O)N[C@@H]1[C@H](O[C@@H]2[C@H](OC[C@H]3O[C@H](O)[C@@H](O)[C@@H](O)[C@@H]3O)O[C@H](C)[C@@H](O)[C@@H]2O)O[C@H](CO)[C@@H](O)[C@@H]1O. The van der Waals surface area contributed by atoms with E-state index in [2.05, 4.69) is 5.32 Å². The molecule has 0 aromatic rings. The Kier molecular flexibility index (Phi) is 9.97. The fraction of sp³-hybridized carbons (Fsp3) is 0.950. The van der Waals surface area contributed by atoms with Gasteiger partial charge in [-0.05, 0) is 6.92 Å². The zero-order chi connectivity index (χ0) is 26.9. The maximum Gasteiger partial charge on any atom is 0.217 e. The maximum atomic E-state index is 11.7. The zero-order valence-electron chi connectivity index (χ0n) is 19.5. The number of hydrogen-bond donors (Lipinski definition) is 10. The first-order chi connectivity index (χ1) is 16.9. The second-order valence-corrected chi connectivity index (χ2v) is 9.09. The zero-order valence-corrected chi connectivity index (χ0v) is 19.5. The van der Waals surface area contributed by atoms with Crippen molar-refractivity contribution in [3.05, 3.63) is 0 Å². The summed E-state index contributed by atoms with van der Waals surface area (Å²) < 4.78 is 27.4. The Morgan fingerprint density at radius 1 is 0.778 bits per heavy atom. The van der Waals surface area contributed by atoms with Gasteiger partial charge in [0.2, 0.25) is 5.91 Å². The number of carbonyl (C=O) groups is 1. The molecule has 3 fully saturated rings. The summed E-state index contributed by atoms with van der Waals surface area (Å²) >= 11 is 0. The van der Waals surface area contributed by atoms with Crippen molar-refractivity contribution in [1.82, 2.24) is 5.32 Å². The van der Waals surface area contributed by atoms with E-state index in [9.17, 15) is 50.8 Å². The molecule has 0 aromatic carbocycles. The van der Waals surface area contributed by atoms with E-state index >= 15 is 0 Å². The van der Waals surface area contributed by atoms with Gasteiger partial charge < -0.3 is 75.0 Å². The van der Waals surface area contributed by atoms with Crippen LogP contribution in [0.15, 0.2) is 0 Å². The number of carbonyl (C=O) groups excluding carboxylic acids is 1. The quantitative estimate of drug-likeness (QED) is 0.147. The summed E-state index contributed by atoms with van der Waals surface area (Å²) in [6.07, 6.45) is -21.6. The molecule has 3 saturated heterocycles. The first kappa shape index (κ1) is 29.5. The second-order valence-electron chi connectivity index (χ2n) is 9.09. The lowest BCUT2D eigenvalue weighted by atomic mass is 9.96. The van der Waals surface area contributed by atoms with E-state index in [0.29, 0.717) is 0 Å². The van der Waals surface area contributed by atoms with Crippen LogP contribution in [0.25, 0.3) is 0 Å². The molecule has 0 radical (unpaired) electrons. The van der Waals surface area contributed by atoms with Gasteiger partial charge in [-0.2, -0.15) is 0 Å². The van der Waals surface area contributed by atoms with Crippen LogP contribution in [0, 0.1) is 0 Å². The van der Waals surface area contributed by atoms with Crippen LogP contribution in [0.5, 0.6) is 0 Å². The number of amides is 1. The molecule has 210 valence electrons. The predicted molar refractivity (Wildman–Crippen MR) is 111 cm³/mol. The molecule has 0 unspecified atom stereocenters. The number of aliphatic hydroxyl groups excluding tert-OH is 9. The molecule has 0 saturated carbocycles. The second kappa shape index (κ2) is 12.2. The van der Waals surface area contributed by atoms with Crippen LogP contribution in [0.3, 0.4) is 0 Å². The molecule has 3 rings (SSSR count). The van der Waals surface area contributed by atoms with E-state index < -0.39 is 111 Å². The Balaban J connectivity index is 1.78. The minimum absolute atomic E-state index is 0.538. The van der Waals surface area contributed by atoms with Crippen LogP contribution in [-0.4, -0.2) is 157 Å². The Labute approximate surface area is 205 Å². The molecule has 10 N–H and O–H groups in total. The van der Waals surface area contributed by atoms with Crippen LogP contribution in [0.4, 0.5) is 0 Å². The maximum absolute atomic E-state index is 11.7. The van der Waals surface area contributed by atoms with Gasteiger partial charge in [0.25, 0.3) is 0 Å².